The maximum atomic E-state index is 12.0. The topological polar surface area (TPSA) is 34.1 Å². The van der Waals surface area contributed by atoms with Gasteiger partial charge in [-0.25, -0.2) is 0 Å². The number of carbonyl (C=O) groups is 1. The Kier molecular flexibility index (Phi) is 6.27. The van der Waals surface area contributed by atoms with Gasteiger partial charge in [0.1, 0.15) is 5.78 Å². The SMILES string of the molecule is CC(=O)CCCCS(=O)c1ccc(C(C)C)cc1. The van der Waals surface area contributed by atoms with Crippen molar-refractivity contribution in [3.63, 3.8) is 0 Å². The van der Waals surface area contributed by atoms with Crippen LogP contribution in [0.4, 0.5) is 0 Å². The van der Waals surface area contributed by atoms with Crippen molar-refractivity contribution in [3.8, 4) is 0 Å². The Morgan fingerprint density at radius 3 is 2.28 bits per heavy atom. The summed E-state index contributed by atoms with van der Waals surface area (Å²) >= 11 is 0. The quantitative estimate of drug-likeness (QED) is 0.706. The summed E-state index contributed by atoms with van der Waals surface area (Å²) in [5.41, 5.74) is 1.27. The molecule has 0 saturated heterocycles. The van der Waals surface area contributed by atoms with Crippen LogP contribution < -0.4 is 0 Å². The fraction of sp³-hybridized carbons (Fsp3) is 0.533. The first kappa shape index (κ1) is 15.1. The Morgan fingerprint density at radius 1 is 1.17 bits per heavy atom. The molecule has 0 radical (unpaired) electrons. The van der Waals surface area contributed by atoms with E-state index in [0.29, 0.717) is 18.1 Å². The Bertz CT molecular complexity index is 407. The monoisotopic (exact) mass is 266 g/mol. The van der Waals surface area contributed by atoms with Gasteiger partial charge in [-0.05, 0) is 43.4 Å². The number of benzene rings is 1. The van der Waals surface area contributed by atoms with Crippen molar-refractivity contribution in [2.45, 2.75) is 50.8 Å². The second kappa shape index (κ2) is 7.47. The van der Waals surface area contributed by atoms with E-state index in [9.17, 15) is 9.00 Å². The van der Waals surface area contributed by atoms with Gasteiger partial charge in [0, 0.05) is 17.1 Å². The predicted octanol–water partition coefficient (Wildman–Crippen LogP) is 3.68. The summed E-state index contributed by atoms with van der Waals surface area (Å²) in [5, 5.41) is 0. The van der Waals surface area contributed by atoms with Crippen LogP contribution in [-0.2, 0) is 15.6 Å². The van der Waals surface area contributed by atoms with Crippen LogP contribution in [0.15, 0.2) is 29.2 Å². The predicted molar refractivity (Wildman–Crippen MR) is 76.3 cm³/mol. The lowest BCUT2D eigenvalue weighted by Crippen LogP contribution is -2.00. The number of hydrogen-bond donors (Lipinski definition) is 0. The fourth-order valence-corrected chi connectivity index (χ4v) is 2.87. The minimum atomic E-state index is -0.931. The largest absolute Gasteiger partial charge is 0.300 e. The average Bonchev–Trinajstić information content (AvgIpc) is 2.34. The highest BCUT2D eigenvalue weighted by molar-refractivity contribution is 7.85. The van der Waals surface area contributed by atoms with Gasteiger partial charge in [0.25, 0.3) is 0 Å². The minimum absolute atomic E-state index is 0.210. The molecule has 0 spiro atoms. The molecular formula is C15H22O2S. The third-order valence-corrected chi connectivity index (χ3v) is 4.38. The van der Waals surface area contributed by atoms with Crippen molar-refractivity contribution in [1.29, 1.82) is 0 Å². The zero-order valence-electron chi connectivity index (χ0n) is 11.4. The highest BCUT2D eigenvalue weighted by Crippen LogP contribution is 2.17. The molecule has 0 aromatic heterocycles. The van der Waals surface area contributed by atoms with E-state index in [4.69, 9.17) is 0 Å². The van der Waals surface area contributed by atoms with Crippen LogP contribution in [0.2, 0.25) is 0 Å². The van der Waals surface area contributed by atoms with Gasteiger partial charge in [0.2, 0.25) is 0 Å². The molecule has 18 heavy (non-hydrogen) atoms. The van der Waals surface area contributed by atoms with Crippen molar-refractivity contribution in [2.75, 3.05) is 5.75 Å². The zero-order valence-corrected chi connectivity index (χ0v) is 12.3. The molecule has 100 valence electrons. The van der Waals surface area contributed by atoms with Crippen molar-refractivity contribution in [1.82, 2.24) is 0 Å². The highest BCUT2D eigenvalue weighted by Gasteiger charge is 2.05. The Labute approximate surface area is 112 Å². The average molecular weight is 266 g/mol. The van der Waals surface area contributed by atoms with Gasteiger partial charge in [-0.2, -0.15) is 0 Å². The van der Waals surface area contributed by atoms with Gasteiger partial charge in [0.15, 0.2) is 0 Å². The molecule has 0 heterocycles. The maximum absolute atomic E-state index is 12.0. The van der Waals surface area contributed by atoms with Gasteiger partial charge in [-0.15, -0.1) is 0 Å². The van der Waals surface area contributed by atoms with E-state index < -0.39 is 10.8 Å². The van der Waals surface area contributed by atoms with E-state index >= 15 is 0 Å². The van der Waals surface area contributed by atoms with Gasteiger partial charge < -0.3 is 4.79 Å². The Morgan fingerprint density at radius 2 is 1.78 bits per heavy atom. The van der Waals surface area contributed by atoms with E-state index in [1.165, 1.54) is 5.56 Å². The maximum Gasteiger partial charge on any atom is 0.129 e. The summed E-state index contributed by atoms with van der Waals surface area (Å²) in [5.74, 6) is 1.36. The van der Waals surface area contributed by atoms with Crippen molar-refractivity contribution < 1.29 is 9.00 Å². The summed E-state index contributed by atoms with van der Waals surface area (Å²) in [6.45, 7) is 5.89. The molecule has 0 amide bonds. The van der Waals surface area contributed by atoms with Gasteiger partial charge in [-0.1, -0.05) is 26.0 Å². The van der Waals surface area contributed by atoms with Crippen LogP contribution in [0.1, 0.15) is 51.5 Å². The van der Waals surface area contributed by atoms with E-state index in [0.717, 1.165) is 17.7 Å². The first-order chi connectivity index (χ1) is 8.50. The van der Waals surface area contributed by atoms with Crippen molar-refractivity contribution in [3.05, 3.63) is 29.8 Å². The molecule has 0 aliphatic heterocycles. The highest BCUT2D eigenvalue weighted by atomic mass is 32.2. The zero-order chi connectivity index (χ0) is 13.5. The smallest absolute Gasteiger partial charge is 0.129 e. The lowest BCUT2D eigenvalue weighted by molar-refractivity contribution is -0.117. The minimum Gasteiger partial charge on any atom is -0.300 e. The summed E-state index contributed by atoms with van der Waals surface area (Å²) in [4.78, 5) is 11.7. The van der Waals surface area contributed by atoms with Crippen molar-refractivity contribution >= 4 is 16.6 Å². The molecule has 1 unspecified atom stereocenters. The van der Waals surface area contributed by atoms with Crippen LogP contribution in [0.3, 0.4) is 0 Å². The van der Waals surface area contributed by atoms with Gasteiger partial charge >= 0.3 is 0 Å². The van der Waals surface area contributed by atoms with E-state index in [-0.39, 0.29) is 5.78 Å². The summed E-state index contributed by atoms with van der Waals surface area (Å²) in [7, 11) is -0.931. The third-order valence-electron chi connectivity index (χ3n) is 2.92. The van der Waals surface area contributed by atoms with Crippen LogP contribution >= 0.6 is 0 Å². The van der Waals surface area contributed by atoms with E-state index in [1.54, 1.807) is 6.92 Å². The molecule has 1 aromatic carbocycles. The van der Waals surface area contributed by atoms with Gasteiger partial charge in [0.05, 0.1) is 10.8 Å². The normalized spacial score (nSPS) is 12.7. The standard InChI is InChI=1S/C15H22O2S/c1-12(2)14-7-9-15(10-8-14)18(17)11-5-4-6-13(3)16/h7-10,12H,4-6,11H2,1-3H3. The fourth-order valence-electron chi connectivity index (χ4n) is 1.73. The van der Waals surface area contributed by atoms with E-state index in [1.807, 2.05) is 24.3 Å². The number of unbranched alkanes of at least 4 members (excludes halogenated alkanes) is 1. The van der Waals surface area contributed by atoms with Crippen LogP contribution in [0.25, 0.3) is 0 Å². The second-order valence-electron chi connectivity index (χ2n) is 4.93. The molecular weight excluding hydrogens is 244 g/mol. The molecule has 0 aliphatic carbocycles. The van der Waals surface area contributed by atoms with E-state index in [2.05, 4.69) is 13.8 Å². The van der Waals surface area contributed by atoms with Crippen LogP contribution in [0, 0.1) is 0 Å². The molecule has 1 rings (SSSR count). The molecule has 1 aromatic rings. The Hall–Kier alpha value is -0.960. The lowest BCUT2D eigenvalue weighted by atomic mass is 10.0. The molecule has 0 N–H and O–H groups in total. The summed E-state index contributed by atoms with van der Waals surface area (Å²) in [6, 6.07) is 8.01. The summed E-state index contributed by atoms with van der Waals surface area (Å²) < 4.78 is 12.0. The number of Topliss-reactive ketones (excluding diaryl/α,β-unsaturated/α-hetero) is 1. The van der Waals surface area contributed by atoms with Crippen molar-refractivity contribution in [2.24, 2.45) is 0 Å². The molecule has 2 nitrogen and oxygen atoms in total. The molecule has 3 heteroatoms. The van der Waals surface area contributed by atoms with Crippen LogP contribution in [0.5, 0.6) is 0 Å². The summed E-state index contributed by atoms with van der Waals surface area (Å²) in [6.07, 6.45) is 2.28. The van der Waals surface area contributed by atoms with Gasteiger partial charge in [-0.3, -0.25) is 4.21 Å². The Balaban J connectivity index is 2.44. The molecule has 1 atom stereocenters. The number of rotatable bonds is 7. The number of ketones is 1. The van der Waals surface area contributed by atoms with Crippen LogP contribution in [-0.4, -0.2) is 15.7 Å². The molecule has 0 fully saturated rings. The third kappa shape index (κ3) is 5.13. The number of hydrogen-bond acceptors (Lipinski definition) is 2. The number of carbonyl (C=O) groups excluding carboxylic acids is 1. The molecule has 0 saturated carbocycles. The second-order valence-corrected chi connectivity index (χ2v) is 6.50. The first-order valence-electron chi connectivity index (χ1n) is 6.48. The molecule has 0 bridgehead atoms. The lowest BCUT2D eigenvalue weighted by Gasteiger charge is -2.06. The molecule has 0 aliphatic rings. The first-order valence-corrected chi connectivity index (χ1v) is 7.80.